The minimum absolute atomic E-state index is 0.0740. The number of halogens is 1. The van der Waals surface area contributed by atoms with Crippen LogP contribution in [0, 0.1) is 6.92 Å². The lowest BCUT2D eigenvalue weighted by molar-refractivity contribution is 0.0954. The Labute approximate surface area is 101 Å². The Morgan fingerprint density at radius 3 is 2.81 bits per heavy atom. The lowest BCUT2D eigenvalue weighted by atomic mass is 10.1. The molecular formula is C13H16ClNO. The van der Waals surface area contributed by atoms with Gasteiger partial charge in [-0.3, -0.25) is 4.79 Å². The van der Waals surface area contributed by atoms with E-state index < -0.39 is 0 Å². The van der Waals surface area contributed by atoms with Crippen molar-refractivity contribution in [2.24, 2.45) is 0 Å². The van der Waals surface area contributed by atoms with Crippen molar-refractivity contribution >= 4 is 17.5 Å². The molecule has 0 aliphatic heterocycles. The standard InChI is InChI=1S/C13H16ClNO/c1-3-4-5-6-15-13(16)11-7-10(2)8-12(14)9-11/h3-4,7-9H,5-6H2,1-2H3,(H,15,16)/b4-3+. The highest BCUT2D eigenvalue weighted by atomic mass is 35.5. The Morgan fingerprint density at radius 2 is 2.19 bits per heavy atom. The zero-order chi connectivity index (χ0) is 12.0. The first-order chi connectivity index (χ1) is 7.63. The summed E-state index contributed by atoms with van der Waals surface area (Å²) >= 11 is 5.89. The van der Waals surface area contributed by atoms with E-state index in [2.05, 4.69) is 5.32 Å². The maximum atomic E-state index is 11.7. The first-order valence-electron chi connectivity index (χ1n) is 5.30. The Hall–Kier alpha value is -1.28. The first-order valence-corrected chi connectivity index (χ1v) is 5.68. The molecule has 3 heteroatoms. The molecule has 0 aliphatic carbocycles. The number of carbonyl (C=O) groups is 1. The second kappa shape index (κ2) is 6.33. The van der Waals surface area contributed by atoms with Gasteiger partial charge in [-0.2, -0.15) is 0 Å². The SMILES string of the molecule is C/C=C/CCNC(=O)c1cc(C)cc(Cl)c1. The van der Waals surface area contributed by atoms with E-state index in [1.807, 2.05) is 38.1 Å². The molecule has 0 saturated carbocycles. The van der Waals surface area contributed by atoms with Gasteiger partial charge in [-0.25, -0.2) is 0 Å². The first kappa shape index (κ1) is 12.8. The molecule has 1 aromatic carbocycles. The number of benzene rings is 1. The quantitative estimate of drug-likeness (QED) is 0.632. The van der Waals surface area contributed by atoms with Gasteiger partial charge in [-0.15, -0.1) is 0 Å². The lowest BCUT2D eigenvalue weighted by Gasteiger charge is -2.05. The largest absolute Gasteiger partial charge is 0.352 e. The van der Waals surface area contributed by atoms with Gasteiger partial charge in [0, 0.05) is 17.1 Å². The fraction of sp³-hybridized carbons (Fsp3) is 0.308. The van der Waals surface area contributed by atoms with Crippen LogP contribution in [-0.4, -0.2) is 12.5 Å². The van der Waals surface area contributed by atoms with Crippen LogP contribution in [-0.2, 0) is 0 Å². The average molecular weight is 238 g/mol. The highest BCUT2D eigenvalue weighted by molar-refractivity contribution is 6.31. The minimum Gasteiger partial charge on any atom is -0.352 e. The summed E-state index contributed by atoms with van der Waals surface area (Å²) in [5.74, 6) is -0.0740. The third-order valence-corrected chi connectivity index (χ3v) is 2.35. The highest BCUT2D eigenvalue weighted by Crippen LogP contribution is 2.14. The van der Waals surface area contributed by atoms with Gasteiger partial charge in [0.15, 0.2) is 0 Å². The van der Waals surface area contributed by atoms with Crippen LogP contribution < -0.4 is 5.32 Å². The summed E-state index contributed by atoms with van der Waals surface area (Å²) in [6, 6.07) is 5.34. The highest BCUT2D eigenvalue weighted by Gasteiger charge is 2.05. The van der Waals surface area contributed by atoms with Gasteiger partial charge in [0.1, 0.15) is 0 Å². The molecule has 0 bridgehead atoms. The summed E-state index contributed by atoms with van der Waals surface area (Å²) in [5.41, 5.74) is 1.61. The van der Waals surface area contributed by atoms with Crippen LogP contribution in [0.3, 0.4) is 0 Å². The van der Waals surface area contributed by atoms with Crippen LogP contribution >= 0.6 is 11.6 Å². The summed E-state index contributed by atoms with van der Waals surface area (Å²) in [6.07, 6.45) is 4.83. The molecular weight excluding hydrogens is 222 g/mol. The van der Waals surface area contributed by atoms with Gasteiger partial charge in [-0.05, 0) is 44.0 Å². The van der Waals surface area contributed by atoms with E-state index in [0.717, 1.165) is 12.0 Å². The van der Waals surface area contributed by atoms with Gasteiger partial charge in [0.25, 0.3) is 5.91 Å². The predicted molar refractivity (Wildman–Crippen MR) is 68.0 cm³/mol. The van der Waals surface area contributed by atoms with Crippen molar-refractivity contribution in [3.05, 3.63) is 46.5 Å². The normalized spacial score (nSPS) is 10.7. The molecule has 1 aromatic rings. The molecule has 1 N–H and O–H groups in total. The summed E-state index contributed by atoms with van der Waals surface area (Å²) in [4.78, 5) is 11.7. The van der Waals surface area contributed by atoms with E-state index in [1.54, 1.807) is 6.07 Å². The van der Waals surface area contributed by atoms with Crippen molar-refractivity contribution in [3.8, 4) is 0 Å². The van der Waals surface area contributed by atoms with E-state index in [9.17, 15) is 4.79 Å². The molecule has 0 saturated heterocycles. The van der Waals surface area contributed by atoms with E-state index in [1.165, 1.54) is 0 Å². The van der Waals surface area contributed by atoms with Crippen molar-refractivity contribution in [1.82, 2.24) is 5.32 Å². The molecule has 16 heavy (non-hydrogen) atoms. The molecule has 0 unspecified atom stereocenters. The molecule has 0 aliphatic rings. The van der Waals surface area contributed by atoms with Crippen LogP contribution in [0.4, 0.5) is 0 Å². The van der Waals surface area contributed by atoms with Crippen molar-refractivity contribution in [2.45, 2.75) is 20.3 Å². The molecule has 0 spiro atoms. The summed E-state index contributed by atoms with van der Waals surface area (Å²) in [7, 11) is 0. The van der Waals surface area contributed by atoms with Crippen LogP contribution in [0.25, 0.3) is 0 Å². The Morgan fingerprint density at radius 1 is 1.44 bits per heavy atom. The third-order valence-electron chi connectivity index (χ3n) is 2.14. The fourth-order valence-electron chi connectivity index (χ4n) is 1.41. The topological polar surface area (TPSA) is 29.1 Å². The molecule has 0 heterocycles. The Balaban J connectivity index is 2.59. The van der Waals surface area contributed by atoms with E-state index in [0.29, 0.717) is 17.1 Å². The van der Waals surface area contributed by atoms with E-state index in [4.69, 9.17) is 11.6 Å². The van der Waals surface area contributed by atoms with Crippen molar-refractivity contribution in [3.63, 3.8) is 0 Å². The summed E-state index contributed by atoms with van der Waals surface area (Å²) in [5, 5.41) is 3.44. The molecule has 1 amide bonds. The number of rotatable bonds is 4. The second-order valence-corrected chi connectivity index (χ2v) is 4.07. The van der Waals surface area contributed by atoms with E-state index >= 15 is 0 Å². The number of nitrogens with one attached hydrogen (secondary N) is 1. The summed E-state index contributed by atoms with van der Waals surface area (Å²) < 4.78 is 0. The molecule has 0 atom stereocenters. The Kier molecular flexibility index (Phi) is 5.06. The average Bonchev–Trinajstić information content (AvgIpc) is 2.22. The number of aryl methyl sites for hydroxylation is 1. The van der Waals surface area contributed by atoms with Gasteiger partial charge in [-0.1, -0.05) is 23.8 Å². The molecule has 86 valence electrons. The number of amides is 1. The monoisotopic (exact) mass is 237 g/mol. The Bertz CT molecular complexity index is 379. The maximum absolute atomic E-state index is 11.7. The van der Waals surface area contributed by atoms with Crippen LogP contribution in [0.2, 0.25) is 5.02 Å². The number of hydrogen-bond acceptors (Lipinski definition) is 1. The number of carbonyl (C=O) groups excluding carboxylic acids is 1. The van der Waals surface area contributed by atoms with Gasteiger partial charge >= 0.3 is 0 Å². The molecule has 1 rings (SSSR count). The van der Waals surface area contributed by atoms with Crippen molar-refractivity contribution in [2.75, 3.05) is 6.54 Å². The van der Waals surface area contributed by atoms with Crippen LogP contribution in [0.1, 0.15) is 29.3 Å². The molecule has 0 aromatic heterocycles. The molecule has 0 fully saturated rings. The summed E-state index contributed by atoms with van der Waals surface area (Å²) in [6.45, 7) is 4.53. The van der Waals surface area contributed by atoms with Crippen molar-refractivity contribution in [1.29, 1.82) is 0 Å². The lowest BCUT2D eigenvalue weighted by Crippen LogP contribution is -2.24. The van der Waals surface area contributed by atoms with Crippen LogP contribution in [0.15, 0.2) is 30.4 Å². The number of allylic oxidation sites excluding steroid dienone is 1. The molecule has 0 radical (unpaired) electrons. The van der Waals surface area contributed by atoms with Gasteiger partial charge in [0.05, 0.1) is 0 Å². The fourth-order valence-corrected chi connectivity index (χ4v) is 1.69. The van der Waals surface area contributed by atoms with E-state index in [-0.39, 0.29) is 5.91 Å². The van der Waals surface area contributed by atoms with Gasteiger partial charge in [0.2, 0.25) is 0 Å². The number of hydrogen-bond donors (Lipinski definition) is 1. The molecule has 2 nitrogen and oxygen atoms in total. The van der Waals surface area contributed by atoms with Gasteiger partial charge < -0.3 is 5.32 Å². The maximum Gasteiger partial charge on any atom is 0.251 e. The zero-order valence-corrected chi connectivity index (χ0v) is 10.3. The zero-order valence-electron chi connectivity index (χ0n) is 9.59. The minimum atomic E-state index is -0.0740. The van der Waals surface area contributed by atoms with Crippen LogP contribution in [0.5, 0.6) is 0 Å². The third kappa shape index (κ3) is 4.07. The van der Waals surface area contributed by atoms with Crippen molar-refractivity contribution < 1.29 is 4.79 Å². The second-order valence-electron chi connectivity index (χ2n) is 3.63. The predicted octanol–water partition coefficient (Wildman–Crippen LogP) is 3.34. The smallest absolute Gasteiger partial charge is 0.251 e.